The standard InChI is InChI=1S/C13H24O4Si/c1-13(2,10-4-14-5-10)17-18(3,11-6-15-7-11)12-8-16-9-12/h10-12H,4-9H2,1-3H3. The fourth-order valence-electron chi connectivity index (χ4n) is 2.92. The van der Waals surface area contributed by atoms with Gasteiger partial charge in [0.05, 0.1) is 45.2 Å². The third kappa shape index (κ3) is 2.06. The maximum Gasteiger partial charge on any atom is 0.205 e. The number of ether oxygens (including phenoxy) is 3. The summed E-state index contributed by atoms with van der Waals surface area (Å²) < 4.78 is 22.9. The molecule has 18 heavy (non-hydrogen) atoms. The molecule has 0 unspecified atom stereocenters. The molecular formula is C13H24O4Si. The summed E-state index contributed by atoms with van der Waals surface area (Å²) in [5.41, 5.74) is 1.23. The third-order valence-corrected chi connectivity index (χ3v) is 9.88. The number of hydrogen-bond donors (Lipinski definition) is 0. The highest BCUT2D eigenvalue weighted by Crippen LogP contribution is 2.46. The molecule has 3 fully saturated rings. The van der Waals surface area contributed by atoms with Crippen LogP contribution in [0.5, 0.6) is 0 Å². The van der Waals surface area contributed by atoms with Gasteiger partial charge in [-0.15, -0.1) is 0 Å². The van der Waals surface area contributed by atoms with Gasteiger partial charge >= 0.3 is 0 Å². The lowest BCUT2D eigenvalue weighted by Gasteiger charge is -2.53. The Kier molecular flexibility index (Phi) is 3.31. The monoisotopic (exact) mass is 272 g/mol. The zero-order valence-electron chi connectivity index (χ0n) is 11.6. The Morgan fingerprint density at radius 3 is 1.61 bits per heavy atom. The second-order valence-electron chi connectivity index (χ2n) is 6.59. The minimum Gasteiger partial charge on any atom is -0.411 e. The van der Waals surface area contributed by atoms with Crippen molar-refractivity contribution in [1.29, 1.82) is 0 Å². The van der Waals surface area contributed by atoms with Crippen molar-refractivity contribution in [3.63, 3.8) is 0 Å². The van der Waals surface area contributed by atoms with Crippen LogP contribution in [-0.2, 0) is 18.6 Å². The van der Waals surface area contributed by atoms with Gasteiger partial charge in [-0.3, -0.25) is 0 Å². The van der Waals surface area contributed by atoms with Crippen molar-refractivity contribution in [3.05, 3.63) is 0 Å². The van der Waals surface area contributed by atoms with E-state index in [-0.39, 0.29) is 5.60 Å². The maximum absolute atomic E-state index is 6.74. The summed E-state index contributed by atoms with van der Waals surface area (Å²) >= 11 is 0. The molecule has 0 bridgehead atoms. The summed E-state index contributed by atoms with van der Waals surface area (Å²) in [5.74, 6) is 0.548. The summed E-state index contributed by atoms with van der Waals surface area (Å²) in [6.07, 6.45) is 0. The van der Waals surface area contributed by atoms with E-state index in [0.717, 1.165) is 39.6 Å². The predicted molar refractivity (Wildman–Crippen MR) is 70.2 cm³/mol. The Morgan fingerprint density at radius 2 is 1.33 bits per heavy atom. The Hall–Kier alpha value is 0.0569. The SMILES string of the molecule is CC(C)(O[Si](C)(C1COC1)C1COC1)C1COC1. The molecule has 3 rings (SSSR count). The van der Waals surface area contributed by atoms with Gasteiger partial charge in [0.25, 0.3) is 0 Å². The molecule has 3 aliphatic heterocycles. The van der Waals surface area contributed by atoms with Crippen molar-refractivity contribution in [2.75, 3.05) is 39.6 Å². The molecule has 0 aliphatic carbocycles. The largest absolute Gasteiger partial charge is 0.411 e. The van der Waals surface area contributed by atoms with Crippen LogP contribution in [0.2, 0.25) is 17.6 Å². The lowest BCUT2D eigenvalue weighted by atomic mass is 9.90. The predicted octanol–water partition coefficient (Wildman–Crippen LogP) is 1.80. The van der Waals surface area contributed by atoms with E-state index in [1.54, 1.807) is 0 Å². The van der Waals surface area contributed by atoms with E-state index >= 15 is 0 Å². The van der Waals surface area contributed by atoms with E-state index in [0.29, 0.717) is 17.0 Å². The summed E-state index contributed by atoms with van der Waals surface area (Å²) in [6, 6.07) is 0. The molecule has 3 saturated heterocycles. The lowest BCUT2D eigenvalue weighted by Crippen LogP contribution is -2.62. The first kappa shape index (κ1) is 13.1. The van der Waals surface area contributed by atoms with Gasteiger partial charge in [-0.2, -0.15) is 0 Å². The van der Waals surface area contributed by atoms with Gasteiger partial charge in [0.15, 0.2) is 0 Å². The highest BCUT2D eigenvalue weighted by Gasteiger charge is 2.55. The first-order chi connectivity index (χ1) is 8.52. The van der Waals surface area contributed by atoms with E-state index in [1.165, 1.54) is 0 Å². The number of hydrogen-bond acceptors (Lipinski definition) is 4. The van der Waals surface area contributed by atoms with Gasteiger partial charge in [0, 0.05) is 17.0 Å². The topological polar surface area (TPSA) is 36.9 Å². The second kappa shape index (κ2) is 4.56. The maximum atomic E-state index is 6.74. The van der Waals surface area contributed by atoms with Crippen LogP contribution in [-0.4, -0.2) is 53.6 Å². The molecular weight excluding hydrogens is 248 g/mol. The van der Waals surface area contributed by atoms with E-state index in [1.807, 2.05) is 0 Å². The first-order valence-electron chi connectivity index (χ1n) is 6.96. The lowest BCUT2D eigenvalue weighted by molar-refractivity contribution is -0.129. The fourth-order valence-corrected chi connectivity index (χ4v) is 7.02. The zero-order valence-corrected chi connectivity index (χ0v) is 12.6. The van der Waals surface area contributed by atoms with Gasteiger partial charge in [0.1, 0.15) is 0 Å². The number of rotatable bonds is 5. The van der Waals surface area contributed by atoms with E-state index < -0.39 is 8.32 Å². The van der Waals surface area contributed by atoms with Crippen LogP contribution < -0.4 is 0 Å². The highest BCUT2D eigenvalue weighted by atomic mass is 28.4. The van der Waals surface area contributed by atoms with E-state index in [4.69, 9.17) is 18.6 Å². The Bertz CT molecular complexity index is 294. The molecule has 5 heteroatoms. The molecule has 0 atom stereocenters. The van der Waals surface area contributed by atoms with Gasteiger partial charge < -0.3 is 18.6 Å². The molecule has 0 saturated carbocycles. The molecule has 0 radical (unpaired) electrons. The molecule has 4 nitrogen and oxygen atoms in total. The van der Waals surface area contributed by atoms with Crippen molar-refractivity contribution >= 4 is 8.32 Å². The van der Waals surface area contributed by atoms with Crippen LogP contribution in [0, 0.1) is 5.92 Å². The molecule has 3 heterocycles. The average molecular weight is 272 g/mol. The van der Waals surface area contributed by atoms with Crippen molar-refractivity contribution in [2.45, 2.75) is 37.1 Å². The molecule has 0 aromatic rings. The van der Waals surface area contributed by atoms with Gasteiger partial charge in [-0.25, -0.2) is 0 Å². The second-order valence-corrected chi connectivity index (χ2v) is 10.8. The van der Waals surface area contributed by atoms with Crippen molar-refractivity contribution in [1.82, 2.24) is 0 Å². The van der Waals surface area contributed by atoms with Gasteiger partial charge in [-0.1, -0.05) is 0 Å². The van der Waals surface area contributed by atoms with Crippen LogP contribution in [0.25, 0.3) is 0 Å². The molecule has 104 valence electrons. The molecule has 3 aliphatic rings. The first-order valence-corrected chi connectivity index (χ1v) is 9.52. The quantitative estimate of drug-likeness (QED) is 0.715. The fraction of sp³-hybridized carbons (Fsp3) is 1.00. The van der Waals surface area contributed by atoms with Crippen LogP contribution in [0.3, 0.4) is 0 Å². The Balaban J connectivity index is 1.71. The minimum atomic E-state index is -1.77. The van der Waals surface area contributed by atoms with Crippen LogP contribution >= 0.6 is 0 Å². The van der Waals surface area contributed by atoms with Crippen LogP contribution in [0.15, 0.2) is 0 Å². The van der Waals surface area contributed by atoms with Gasteiger partial charge in [0.2, 0.25) is 8.32 Å². The van der Waals surface area contributed by atoms with Crippen LogP contribution in [0.4, 0.5) is 0 Å². The van der Waals surface area contributed by atoms with E-state index in [9.17, 15) is 0 Å². The smallest absolute Gasteiger partial charge is 0.205 e. The molecule has 0 amide bonds. The zero-order chi connectivity index (χ0) is 12.8. The van der Waals surface area contributed by atoms with Crippen molar-refractivity contribution in [2.24, 2.45) is 5.92 Å². The van der Waals surface area contributed by atoms with Crippen molar-refractivity contribution < 1.29 is 18.6 Å². The summed E-state index contributed by atoms with van der Waals surface area (Å²) in [4.78, 5) is 0. The van der Waals surface area contributed by atoms with Gasteiger partial charge in [-0.05, 0) is 20.4 Å². The molecule has 0 aromatic heterocycles. The van der Waals surface area contributed by atoms with Crippen molar-refractivity contribution in [3.8, 4) is 0 Å². The van der Waals surface area contributed by atoms with Crippen LogP contribution in [0.1, 0.15) is 13.8 Å². The summed E-state index contributed by atoms with van der Waals surface area (Å²) in [6.45, 7) is 12.1. The van der Waals surface area contributed by atoms with E-state index in [2.05, 4.69) is 20.4 Å². The molecule has 0 N–H and O–H groups in total. The normalized spacial score (nSPS) is 27.5. The summed E-state index contributed by atoms with van der Waals surface area (Å²) in [5, 5.41) is 0. The minimum absolute atomic E-state index is 0.0651. The Labute approximate surface area is 110 Å². The Morgan fingerprint density at radius 1 is 0.889 bits per heavy atom. The third-order valence-electron chi connectivity index (χ3n) is 5.00. The molecule has 0 aromatic carbocycles. The average Bonchev–Trinajstić information content (AvgIpc) is 1.86. The molecule has 0 spiro atoms. The summed E-state index contributed by atoms with van der Waals surface area (Å²) in [7, 11) is -1.77. The highest BCUT2D eigenvalue weighted by molar-refractivity contribution is 6.76.